The van der Waals surface area contributed by atoms with Gasteiger partial charge in [0.05, 0.1) is 0 Å². The van der Waals surface area contributed by atoms with Gasteiger partial charge in [-0.1, -0.05) is 0 Å². The predicted molar refractivity (Wildman–Crippen MR) is 38.3 cm³/mol. The van der Waals surface area contributed by atoms with E-state index < -0.39 is 0 Å². The zero-order valence-electron chi connectivity index (χ0n) is 6.06. The van der Waals surface area contributed by atoms with Crippen LogP contribution in [0.1, 0.15) is 26.2 Å². The maximum Gasteiger partial charge on any atom is 0.00701 e. The Morgan fingerprint density at radius 2 is 2.00 bits per heavy atom. The van der Waals surface area contributed by atoms with Crippen LogP contribution in [0.5, 0.6) is 0 Å². The highest BCUT2D eigenvalue weighted by Crippen LogP contribution is 2.41. The van der Waals surface area contributed by atoms with E-state index in [0.29, 0.717) is 0 Å². The van der Waals surface area contributed by atoms with Crippen molar-refractivity contribution in [2.45, 2.75) is 32.2 Å². The molecule has 0 aromatic rings. The molecule has 1 heterocycles. The van der Waals surface area contributed by atoms with E-state index in [2.05, 4.69) is 12.2 Å². The van der Waals surface area contributed by atoms with Crippen LogP contribution in [0.4, 0.5) is 0 Å². The Morgan fingerprint density at radius 3 is 2.44 bits per heavy atom. The van der Waals surface area contributed by atoms with Crippen LogP contribution in [0.2, 0.25) is 0 Å². The SMILES string of the molecule is CC1NCCC1C1CC1. The lowest BCUT2D eigenvalue weighted by molar-refractivity contribution is 0.423. The summed E-state index contributed by atoms with van der Waals surface area (Å²) >= 11 is 0. The Labute approximate surface area is 56.8 Å². The molecule has 0 amide bonds. The Balaban J connectivity index is 1.93. The lowest BCUT2D eigenvalue weighted by Crippen LogP contribution is -2.23. The van der Waals surface area contributed by atoms with Crippen LogP contribution in [-0.2, 0) is 0 Å². The average molecular weight is 125 g/mol. The molecule has 2 aliphatic rings. The smallest absolute Gasteiger partial charge is 0.00701 e. The van der Waals surface area contributed by atoms with E-state index in [1.165, 1.54) is 25.8 Å². The van der Waals surface area contributed by atoms with Gasteiger partial charge in [0.1, 0.15) is 0 Å². The van der Waals surface area contributed by atoms with Crippen molar-refractivity contribution in [3.8, 4) is 0 Å². The minimum absolute atomic E-state index is 0.817. The van der Waals surface area contributed by atoms with Gasteiger partial charge in [0.25, 0.3) is 0 Å². The highest BCUT2D eigenvalue weighted by molar-refractivity contribution is 4.91. The predicted octanol–water partition coefficient (Wildman–Crippen LogP) is 1.39. The fraction of sp³-hybridized carbons (Fsp3) is 1.00. The topological polar surface area (TPSA) is 12.0 Å². The molecule has 2 rings (SSSR count). The molecule has 0 aromatic carbocycles. The van der Waals surface area contributed by atoms with Gasteiger partial charge >= 0.3 is 0 Å². The van der Waals surface area contributed by atoms with Gasteiger partial charge in [0, 0.05) is 6.04 Å². The molecular weight excluding hydrogens is 110 g/mol. The maximum absolute atomic E-state index is 3.49. The van der Waals surface area contributed by atoms with Crippen LogP contribution >= 0.6 is 0 Å². The summed E-state index contributed by atoms with van der Waals surface area (Å²) in [5.41, 5.74) is 0. The first-order valence-electron chi connectivity index (χ1n) is 4.11. The third-order valence-electron chi connectivity index (χ3n) is 2.81. The number of nitrogens with one attached hydrogen (secondary N) is 1. The average Bonchev–Trinajstić information content (AvgIpc) is 2.58. The summed E-state index contributed by atoms with van der Waals surface area (Å²) in [6.45, 7) is 3.60. The standard InChI is InChI=1S/C8H15N/c1-6-8(4-5-9-6)7-2-3-7/h6-9H,2-5H2,1H3. The second kappa shape index (κ2) is 1.98. The van der Waals surface area contributed by atoms with Gasteiger partial charge in [-0.3, -0.25) is 0 Å². The molecular formula is C8H15N. The molecule has 2 unspecified atom stereocenters. The molecule has 1 nitrogen and oxygen atoms in total. The fourth-order valence-electron chi connectivity index (χ4n) is 2.05. The van der Waals surface area contributed by atoms with Crippen LogP contribution in [0.3, 0.4) is 0 Å². The lowest BCUT2D eigenvalue weighted by Gasteiger charge is -2.12. The molecule has 1 saturated heterocycles. The van der Waals surface area contributed by atoms with E-state index >= 15 is 0 Å². The van der Waals surface area contributed by atoms with Gasteiger partial charge in [-0.05, 0) is 44.6 Å². The van der Waals surface area contributed by atoms with Crippen molar-refractivity contribution in [3.63, 3.8) is 0 Å². The van der Waals surface area contributed by atoms with Crippen molar-refractivity contribution in [3.05, 3.63) is 0 Å². The normalized spacial score (nSPS) is 43.7. The van der Waals surface area contributed by atoms with Crippen LogP contribution < -0.4 is 5.32 Å². The fourth-order valence-corrected chi connectivity index (χ4v) is 2.05. The zero-order valence-corrected chi connectivity index (χ0v) is 6.06. The van der Waals surface area contributed by atoms with Crippen LogP contribution in [0.25, 0.3) is 0 Å². The lowest BCUT2D eigenvalue weighted by atomic mass is 9.97. The number of hydrogen-bond acceptors (Lipinski definition) is 1. The zero-order chi connectivity index (χ0) is 6.27. The molecule has 0 spiro atoms. The first-order chi connectivity index (χ1) is 4.38. The van der Waals surface area contributed by atoms with Crippen molar-refractivity contribution in [2.75, 3.05) is 6.54 Å². The van der Waals surface area contributed by atoms with E-state index in [1.807, 2.05) is 0 Å². The molecule has 0 aromatic heterocycles. The van der Waals surface area contributed by atoms with Crippen LogP contribution in [-0.4, -0.2) is 12.6 Å². The van der Waals surface area contributed by atoms with Gasteiger partial charge < -0.3 is 5.32 Å². The molecule has 0 bridgehead atoms. The van der Waals surface area contributed by atoms with E-state index in [-0.39, 0.29) is 0 Å². The van der Waals surface area contributed by atoms with E-state index in [1.54, 1.807) is 0 Å². The summed E-state index contributed by atoms with van der Waals surface area (Å²) in [5, 5.41) is 3.49. The van der Waals surface area contributed by atoms with Crippen LogP contribution in [0, 0.1) is 11.8 Å². The summed E-state index contributed by atoms with van der Waals surface area (Å²) in [6.07, 6.45) is 4.46. The molecule has 1 heteroatoms. The van der Waals surface area contributed by atoms with Gasteiger partial charge in [-0.15, -0.1) is 0 Å². The van der Waals surface area contributed by atoms with Crippen molar-refractivity contribution in [1.29, 1.82) is 0 Å². The summed E-state index contributed by atoms with van der Waals surface area (Å²) < 4.78 is 0. The van der Waals surface area contributed by atoms with Gasteiger partial charge in [-0.2, -0.15) is 0 Å². The number of hydrogen-bond donors (Lipinski definition) is 1. The summed E-state index contributed by atoms with van der Waals surface area (Å²) in [6, 6.07) is 0.817. The van der Waals surface area contributed by atoms with Gasteiger partial charge in [0.15, 0.2) is 0 Å². The van der Waals surface area contributed by atoms with E-state index in [9.17, 15) is 0 Å². The molecule has 1 N–H and O–H groups in total. The summed E-state index contributed by atoms with van der Waals surface area (Å²) in [7, 11) is 0. The minimum atomic E-state index is 0.817. The van der Waals surface area contributed by atoms with Gasteiger partial charge in [0.2, 0.25) is 0 Å². The third-order valence-corrected chi connectivity index (χ3v) is 2.81. The highest BCUT2D eigenvalue weighted by Gasteiger charge is 2.36. The molecule has 0 radical (unpaired) electrons. The molecule has 1 aliphatic heterocycles. The van der Waals surface area contributed by atoms with Crippen molar-refractivity contribution >= 4 is 0 Å². The van der Waals surface area contributed by atoms with E-state index in [4.69, 9.17) is 0 Å². The Hall–Kier alpha value is -0.0400. The second-order valence-electron chi connectivity index (χ2n) is 3.53. The second-order valence-corrected chi connectivity index (χ2v) is 3.53. The Morgan fingerprint density at radius 1 is 1.22 bits per heavy atom. The van der Waals surface area contributed by atoms with Crippen molar-refractivity contribution in [2.24, 2.45) is 11.8 Å². The minimum Gasteiger partial charge on any atom is -0.314 e. The highest BCUT2D eigenvalue weighted by atomic mass is 14.9. The first kappa shape index (κ1) is 5.72. The number of rotatable bonds is 1. The Kier molecular flexibility index (Phi) is 1.26. The monoisotopic (exact) mass is 125 g/mol. The van der Waals surface area contributed by atoms with Crippen molar-refractivity contribution in [1.82, 2.24) is 5.32 Å². The molecule has 52 valence electrons. The molecule has 1 saturated carbocycles. The summed E-state index contributed by atoms with van der Waals surface area (Å²) in [5.74, 6) is 2.14. The first-order valence-corrected chi connectivity index (χ1v) is 4.11. The van der Waals surface area contributed by atoms with Crippen molar-refractivity contribution < 1.29 is 0 Å². The van der Waals surface area contributed by atoms with E-state index in [0.717, 1.165) is 17.9 Å². The molecule has 1 aliphatic carbocycles. The summed E-state index contributed by atoms with van der Waals surface area (Å²) in [4.78, 5) is 0. The third kappa shape index (κ3) is 0.983. The van der Waals surface area contributed by atoms with Crippen LogP contribution in [0.15, 0.2) is 0 Å². The van der Waals surface area contributed by atoms with Gasteiger partial charge in [-0.25, -0.2) is 0 Å². The largest absolute Gasteiger partial charge is 0.314 e. The Bertz CT molecular complexity index is 107. The molecule has 2 fully saturated rings. The maximum atomic E-state index is 3.49. The molecule has 9 heavy (non-hydrogen) atoms. The molecule has 2 atom stereocenters. The quantitative estimate of drug-likeness (QED) is 0.558.